The monoisotopic (exact) mass is 294 g/mol. The van der Waals surface area contributed by atoms with Crippen molar-refractivity contribution in [3.05, 3.63) is 0 Å². The van der Waals surface area contributed by atoms with Crippen molar-refractivity contribution in [3.63, 3.8) is 0 Å². The molecule has 0 aliphatic rings. The van der Waals surface area contributed by atoms with E-state index in [-0.39, 0.29) is 5.78 Å². The first-order chi connectivity index (χ1) is 6.87. The van der Waals surface area contributed by atoms with Gasteiger partial charge in [0, 0.05) is 0 Å². The van der Waals surface area contributed by atoms with E-state index >= 15 is 0 Å². The molecule has 0 radical (unpaired) electrons. The summed E-state index contributed by atoms with van der Waals surface area (Å²) in [5, 5.41) is 0.377. The Morgan fingerprint density at radius 3 is 1.87 bits per heavy atom. The van der Waals surface area contributed by atoms with Crippen LogP contribution in [0.5, 0.6) is 0 Å². The van der Waals surface area contributed by atoms with Crippen molar-refractivity contribution in [2.24, 2.45) is 0 Å². The van der Waals surface area contributed by atoms with Crippen molar-refractivity contribution in [3.8, 4) is 0 Å². The van der Waals surface area contributed by atoms with Crippen LogP contribution in [0.2, 0.25) is 18.1 Å². The maximum absolute atomic E-state index is 11.7. The lowest BCUT2D eigenvalue weighted by atomic mass is 10.1. The summed E-state index contributed by atoms with van der Waals surface area (Å²) in [4.78, 5) is 11.7. The van der Waals surface area contributed by atoms with Gasteiger partial charge in [0.2, 0.25) is 0 Å². The quantitative estimate of drug-likeness (QED) is 0.528. The van der Waals surface area contributed by atoms with E-state index in [1.807, 2.05) is 13.8 Å². The minimum atomic E-state index is -1.67. The predicted octanol–water partition coefficient (Wildman–Crippen LogP) is 3.75. The van der Waals surface area contributed by atoms with Crippen LogP contribution in [0, 0.1) is 0 Å². The van der Waals surface area contributed by atoms with Gasteiger partial charge in [-0.05, 0) is 32.0 Å². The van der Waals surface area contributed by atoms with Gasteiger partial charge >= 0.3 is 0 Å². The van der Waals surface area contributed by atoms with E-state index in [2.05, 4.69) is 36.7 Å². The molecule has 0 saturated carbocycles. The molecule has 0 aliphatic heterocycles. The molecule has 2 nitrogen and oxygen atoms in total. The Kier molecular flexibility index (Phi) is 6.29. The van der Waals surface area contributed by atoms with Gasteiger partial charge in [-0.3, -0.25) is 4.79 Å². The fourth-order valence-electron chi connectivity index (χ4n) is 1.73. The second kappa shape index (κ2) is 6.16. The fourth-order valence-corrected chi connectivity index (χ4v) is 5.53. The zero-order chi connectivity index (χ0) is 12.1. The highest BCUT2D eigenvalue weighted by molar-refractivity contribution is 9.09. The molecule has 0 N–H and O–H groups in total. The molecule has 0 atom stereocenters. The van der Waals surface area contributed by atoms with Gasteiger partial charge < -0.3 is 4.43 Å². The largest absolute Gasteiger partial charge is 0.405 e. The molecule has 4 heteroatoms. The molecule has 0 fully saturated rings. The van der Waals surface area contributed by atoms with Gasteiger partial charge in [-0.25, -0.2) is 0 Å². The molecule has 15 heavy (non-hydrogen) atoms. The lowest BCUT2D eigenvalue weighted by Gasteiger charge is -2.37. The topological polar surface area (TPSA) is 26.3 Å². The summed E-state index contributed by atoms with van der Waals surface area (Å²) in [7, 11) is -1.67. The molecule has 90 valence electrons. The first kappa shape index (κ1) is 15.3. The van der Waals surface area contributed by atoms with E-state index in [0.717, 1.165) is 18.1 Å². The predicted molar refractivity (Wildman–Crippen MR) is 71.2 cm³/mol. The normalized spacial score (nSPS) is 12.9. The third-order valence-corrected chi connectivity index (χ3v) is 8.52. The van der Waals surface area contributed by atoms with Crippen LogP contribution in [0.4, 0.5) is 0 Å². The van der Waals surface area contributed by atoms with Crippen LogP contribution >= 0.6 is 15.9 Å². The Hall–Kier alpha value is 0.327. The van der Waals surface area contributed by atoms with E-state index in [1.54, 1.807) is 0 Å². The van der Waals surface area contributed by atoms with Crippen LogP contribution in [-0.4, -0.2) is 25.0 Å². The first-order valence-corrected chi connectivity index (χ1v) is 9.32. The zero-order valence-corrected chi connectivity index (χ0v) is 13.1. The number of carbonyl (C=O) groups excluding carboxylic acids is 1. The SMILES string of the molecule is CC[Si](CC)(CC)OC(C)(C)C(=O)CBr. The Balaban J connectivity index is 4.73. The van der Waals surface area contributed by atoms with E-state index in [0.29, 0.717) is 5.33 Å². The molecule has 0 aromatic carbocycles. The van der Waals surface area contributed by atoms with Crippen molar-refractivity contribution in [2.45, 2.75) is 58.4 Å². The van der Waals surface area contributed by atoms with Crippen molar-refractivity contribution in [1.29, 1.82) is 0 Å². The molecule has 0 heterocycles. The third-order valence-electron chi connectivity index (χ3n) is 3.20. The first-order valence-electron chi connectivity index (χ1n) is 5.67. The molecule has 0 aliphatic carbocycles. The fraction of sp³-hybridized carbons (Fsp3) is 0.909. The summed E-state index contributed by atoms with van der Waals surface area (Å²) in [6.45, 7) is 10.3. The van der Waals surface area contributed by atoms with Crippen LogP contribution in [0.25, 0.3) is 0 Å². The second-order valence-electron chi connectivity index (χ2n) is 4.41. The number of ketones is 1. The summed E-state index contributed by atoms with van der Waals surface area (Å²) in [6.07, 6.45) is 0. The molecule has 0 aromatic rings. The van der Waals surface area contributed by atoms with Crippen molar-refractivity contribution < 1.29 is 9.22 Å². The summed E-state index contributed by atoms with van der Waals surface area (Å²) in [6, 6.07) is 3.25. The average Bonchev–Trinajstić information content (AvgIpc) is 2.24. The van der Waals surface area contributed by atoms with Crippen LogP contribution in [0.15, 0.2) is 0 Å². The maximum atomic E-state index is 11.7. The van der Waals surface area contributed by atoms with Crippen LogP contribution in [0.1, 0.15) is 34.6 Å². The van der Waals surface area contributed by atoms with Crippen LogP contribution < -0.4 is 0 Å². The van der Waals surface area contributed by atoms with Crippen LogP contribution in [0.3, 0.4) is 0 Å². The van der Waals surface area contributed by atoms with Gasteiger partial charge in [0.1, 0.15) is 5.60 Å². The van der Waals surface area contributed by atoms with E-state index in [9.17, 15) is 4.79 Å². The molecule has 0 saturated heterocycles. The number of Topliss-reactive ketones (excluding diaryl/α,β-unsaturated/α-hetero) is 1. The number of rotatable bonds is 7. The van der Waals surface area contributed by atoms with Gasteiger partial charge in [-0.1, -0.05) is 36.7 Å². The van der Waals surface area contributed by atoms with E-state index in [4.69, 9.17) is 4.43 Å². The van der Waals surface area contributed by atoms with Gasteiger partial charge in [0.25, 0.3) is 0 Å². The van der Waals surface area contributed by atoms with E-state index in [1.165, 1.54) is 0 Å². The molecule has 0 amide bonds. The molecular formula is C11H23BrO2Si. The number of halogens is 1. The Labute approximate surface area is 103 Å². The number of carbonyl (C=O) groups is 1. The van der Waals surface area contributed by atoms with Crippen molar-refractivity contribution >= 4 is 30.0 Å². The van der Waals surface area contributed by atoms with Gasteiger partial charge in [-0.15, -0.1) is 0 Å². The number of hydrogen-bond donors (Lipinski definition) is 0. The molecule has 0 spiro atoms. The standard InChI is InChI=1S/C11H23BrO2Si/c1-6-15(7-2,8-3)14-11(4,5)10(13)9-12/h6-9H2,1-5H3. The third kappa shape index (κ3) is 4.00. The Morgan fingerprint density at radius 1 is 1.20 bits per heavy atom. The van der Waals surface area contributed by atoms with Crippen LogP contribution in [-0.2, 0) is 9.22 Å². The molecular weight excluding hydrogens is 272 g/mol. The lowest BCUT2D eigenvalue weighted by Crippen LogP contribution is -2.48. The highest BCUT2D eigenvalue weighted by Crippen LogP contribution is 2.28. The molecule has 0 unspecified atom stereocenters. The van der Waals surface area contributed by atoms with Gasteiger partial charge in [-0.2, -0.15) is 0 Å². The number of hydrogen-bond acceptors (Lipinski definition) is 2. The summed E-state index contributed by atoms with van der Waals surface area (Å²) in [5.74, 6) is 0.134. The maximum Gasteiger partial charge on any atom is 0.193 e. The Bertz CT molecular complexity index is 204. The molecule has 0 aromatic heterocycles. The summed E-state index contributed by atoms with van der Waals surface area (Å²) in [5.41, 5.74) is -0.627. The minimum Gasteiger partial charge on any atom is -0.405 e. The number of alkyl halides is 1. The smallest absolute Gasteiger partial charge is 0.193 e. The summed E-state index contributed by atoms with van der Waals surface area (Å²) < 4.78 is 6.19. The van der Waals surface area contributed by atoms with Crippen molar-refractivity contribution in [2.75, 3.05) is 5.33 Å². The minimum absolute atomic E-state index is 0.134. The zero-order valence-electron chi connectivity index (χ0n) is 10.5. The molecule has 0 rings (SSSR count). The van der Waals surface area contributed by atoms with Gasteiger partial charge in [0.15, 0.2) is 14.1 Å². The second-order valence-corrected chi connectivity index (χ2v) is 9.67. The van der Waals surface area contributed by atoms with Gasteiger partial charge in [0.05, 0.1) is 5.33 Å². The Morgan fingerprint density at radius 2 is 1.60 bits per heavy atom. The summed E-state index contributed by atoms with van der Waals surface area (Å²) >= 11 is 3.21. The highest BCUT2D eigenvalue weighted by atomic mass is 79.9. The lowest BCUT2D eigenvalue weighted by molar-refractivity contribution is -0.129. The van der Waals surface area contributed by atoms with E-state index < -0.39 is 13.9 Å². The molecule has 0 bridgehead atoms. The highest BCUT2D eigenvalue weighted by Gasteiger charge is 2.38. The average molecular weight is 295 g/mol. The van der Waals surface area contributed by atoms with Crippen molar-refractivity contribution in [1.82, 2.24) is 0 Å².